The summed E-state index contributed by atoms with van der Waals surface area (Å²) < 4.78 is 0. The number of aromatic nitrogens is 2. The normalized spacial score (nSPS) is 17.6. The zero-order chi connectivity index (χ0) is 15.6. The molecule has 1 amide bonds. The van der Waals surface area contributed by atoms with Gasteiger partial charge in [0, 0.05) is 24.0 Å². The van der Waals surface area contributed by atoms with Gasteiger partial charge in [-0.15, -0.1) is 11.3 Å². The molecule has 2 aromatic heterocycles. The molecule has 23 heavy (non-hydrogen) atoms. The minimum Gasteiger partial charge on any atom is -0.363 e. The fourth-order valence-corrected chi connectivity index (χ4v) is 3.99. The van der Waals surface area contributed by atoms with E-state index in [0.29, 0.717) is 4.88 Å². The van der Waals surface area contributed by atoms with Crippen molar-refractivity contribution in [3.63, 3.8) is 0 Å². The predicted molar refractivity (Wildman–Crippen MR) is 91.4 cm³/mol. The van der Waals surface area contributed by atoms with Crippen molar-refractivity contribution in [1.82, 2.24) is 14.9 Å². The summed E-state index contributed by atoms with van der Waals surface area (Å²) in [6.07, 6.45) is 5.67. The van der Waals surface area contributed by atoms with Crippen molar-refractivity contribution >= 4 is 17.2 Å². The number of aromatic amines is 1. The molecule has 1 atom stereocenters. The van der Waals surface area contributed by atoms with Gasteiger partial charge in [-0.3, -0.25) is 4.79 Å². The number of carbonyl (C=O) groups is 1. The van der Waals surface area contributed by atoms with Crippen molar-refractivity contribution in [1.29, 1.82) is 0 Å². The molecule has 3 heterocycles. The van der Waals surface area contributed by atoms with Gasteiger partial charge in [0.1, 0.15) is 9.88 Å². The highest BCUT2D eigenvalue weighted by Crippen LogP contribution is 2.34. The first-order chi connectivity index (χ1) is 11.3. The van der Waals surface area contributed by atoms with E-state index < -0.39 is 0 Å². The van der Waals surface area contributed by atoms with Crippen molar-refractivity contribution in [3.8, 4) is 10.6 Å². The summed E-state index contributed by atoms with van der Waals surface area (Å²) in [4.78, 5) is 23.2. The van der Waals surface area contributed by atoms with Crippen LogP contribution in [0.3, 0.4) is 0 Å². The average molecular weight is 323 g/mol. The third-order valence-corrected chi connectivity index (χ3v) is 5.27. The number of H-pyrrole nitrogens is 1. The largest absolute Gasteiger partial charge is 0.363 e. The molecule has 1 saturated heterocycles. The van der Waals surface area contributed by atoms with E-state index in [1.807, 2.05) is 47.5 Å². The van der Waals surface area contributed by atoms with Crippen molar-refractivity contribution in [3.05, 3.63) is 65.4 Å². The zero-order valence-electron chi connectivity index (χ0n) is 12.6. The lowest BCUT2D eigenvalue weighted by molar-refractivity contribution is 0.0738. The van der Waals surface area contributed by atoms with Crippen LogP contribution in [0.15, 0.2) is 54.9 Å². The van der Waals surface area contributed by atoms with E-state index >= 15 is 0 Å². The van der Waals surface area contributed by atoms with Gasteiger partial charge in [-0.25, -0.2) is 4.98 Å². The van der Waals surface area contributed by atoms with Crippen LogP contribution in [0.1, 0.15) is 34.2 Å². The highest BCUT2D eigenvalue weighted by atomic mass is 32.1. The number of nitrogens with zero attached hydrogens (tertiary/aromatic N) is 2. The first-order valence-electron chi connectivity index (χ1n) is 7.78. The molecular weight excluding hydrogens is 306 g/mol. The van der Waals surface area contributed by atoms with Crippen LogP contribution in [0.5, 0.6) is 0 Å². The van der Waals surface area contributed by atoms with Crippen LogP contribution in [0.2, 0.25) is 0 Å². The number of hydrogen-bond donors (Lipinski definition) is 1. The quantitative estimate of drug-likeness (QED) is 0.788. The molecule has 0 aliphatic carbocycles. The molecular formula is C18H17N3OS. The lowest BCUT2D eigenvalue weighted by Crippen LogP contribution is -2.30. The van der Waals surface area contributed by atoms with Crippen LogP contribution < -0.4 is 0 Å². The maximum absolute atomic E-state index is 12.9. The van der Waals surface area contributed by atoms with Crippen molar-refractivity contribution < 1.29 is 4.79 Å². The minimum atomic E-state index is 0.0850. The second kappa shape index (κ2) is 6.01. The fourth-order valence-electron chi connectivity index (χ4n) is 3.11. The molecule has 3 aromatic rings. The fraction of sp³-hybridized carbons (Fsp3) is 0.222. The van der Waals surface area contributed by atoms with Gasteiger partial charge < -0.3 is 9.88 Å². The summed E-state index contributed by atoms with van der Waals surface area (Å²) in [5.74, 6) is 0.0850. The van der Waals surface area contributed by atoms with Gasteiger partial charge in [0.2, 0.25) is 0 Å². The monoisotopic (exact) mass is 323 g/mol. The number of benzene rings is 1. The van der Waals surface area contributed by atoms with E-state index in [0.717, 1.165) is 35.7 Å². The summed E-state index contributed by atoms with van der Waals surface area (Å²) in [5, 5.41) is 0.893. The van der Waals surface area contributed by atoms with Crippen LogP contribution in [0, 0.1) is 0 Å². The van der Waals surface area contributed by atoms with Crippen LogP contribution >= 0.6 is 11.3 Å². The first kappa shape index (κ1) is 14.2. The van der Waals surface area contributed by atoms with Gasteiger partial charge in [0.15, 0.2) is 0 Å². The predicted octanol–water partition coefficient (Wildman–Crippen LogP) is 4.12. The Labute approximate surface area is 138 Å². The summed E-state index contributed by atoms with van der Waals surface area (Å²) >= 11 is 1.47. The Hall–Kier alpha value is -2.40. The van der Waals surface area contributed by atoms with Gasteiger partial charge >= 0.3 is 0 Å². The number of rotatable bonds is 3. The molecule has 0 radical (unpaired) electrons. The van der Waals surface area contributed by atoms with Gasteiger partial charge in [-0.05, 0) is 25.0 Å². The second-order valence-corrected chi connectivity index (χ2v) is 6.71. The maximum atomic E-state index is 12.9. The van der Waals surface area contributed by atoms with Gasteiger partial charge in [-0.2, -0.15) is 0 Å². The SMILES string of the molecule is O=C(c1cnc(-c2ccccc2)s1)N1CCCC1c1ccc[nH]1. The van der Waals surface area contributed by atoms with E-state index in [9.17, 15) is 4.79 Å². The highest BCUT2D eigenvalue weighted by Gasteiger charge is 2.32. The molecule has 0 spiro atoms. The third kappa shape index (κ3) is 2.68. The van der Waals surface area contributed by atoms with Crippen LogP contribution in [-0.2, 0) is 0 Å². The van der Waals surface area contributed by atoms with Crippen LogP contribution in [0.25, 0.3) is 10.6 Å². The summed E-state index contributed by atoms with van der Waals surface area (Å²) in [6, 6.07) is 14.2. The number of hydrogen-bond acceptors (Lipinski definition) is 3. The van der Waals surface area contributed by atoms with Crippen LogP contribution in [-0.4, -0.2) is 27.3 Å². The van der Waals surface area contributed by atoms with Gasteiger partial charge in [0.25, 0.3) is 5.91 Å². The van der Waals surface area contributed by atoms with E-state index in [1.165, 1.54) is 11.3 Å². The molecule has 1 aliphatic rings. The average Bonchev–Trinajstić information content (AvgIpc) is 3.34. The molecule has 116 valence electrons. The third-order valence-electron chi connectivity index (χ3n) is 4.23. The molecule has 1 N–H and O–H groups in total. The number of nitrogens with one attached hydrogen (secondary N) is 1. The van der Waals surface area contributed by atoms with Gasteiger partial charge in [0.05, 0.1) is 12.2 Å². The number of carbonyl (C=O) groups excluding carboxylic acids is 1. The standard InChI is InChI=1S/C18H17N3OS/c22-18(21-11-5-9-15(21)14-8-4-10-19-14)16-12-20-17(23-16)13-6-2-1-3-7-13/h1-4,6-8,10,12,15,19H,5,9,11H2. The van der Waals surface area contributed by atoms with Crippen molar-refractivity contribution in [2.24, 2.45) is 0 Å². The Morgan fingerprint density at radius 1 is 1.22 bits per heavy atom. The molecule has 0 bridgehead atoms. The number of thiazole rings is 1. The molecule has 4 rings (SSSR count). The summed E-state index contributed by atoms with van der Waals surface area (Å²) in [6.45, 7) is 0.807. The Morgan fingerprint density at radius 3 is 2.87 bits per heavy atom. The number of likely N-dealkylation sites (tertiary alicyclic amines) is 1. The Kier molecular flexibility index (Phi) is 3.71. The Bertz CT molecular complexity index is 795. The molecule has 1 aliphatic heterocycles. The topological polar surface area (TPSA) is 49.0 Å². The molecule has 0 saturated carbocycles. The summed E-state index contributed by atoms with van der Waals surface area (Å²) in [5.41, 5.74) is 2.17. The Morgan fingerprint density at radius 2 is 2.09 bits per heavy atom. The van der Waals surface area contributed by atoms with Crippen LogP contribution in [0.4, 0.5) is 0 Å². The van der Waals surface area contributed by atoms with Crippen molar-refractivity contribution in [2.45, 2.75) is 18.9 Å². The summed E-state index contributed by atoms with van der Waals surface area (Å²) in [7, 11) is 0. The lowest BCUT2D eigenvalue weighted by atomic mass is 10.1. The van der Waals surface area contributed by atoms with E-state index in [-0.39, 0.29) is 11.9 Å². The molecule has 1 aromatic carbocycles. The Balaban J connectivity index is 1.59. The highest BCUT2D eigenvalue weighted by molar-refractivity contribution is 7.16. The van der Waals surface area contributed by atoms with E-state index in [1.54, 1.807) is 6.20 Å². The second-order valence-electron chi connectivity index (χ2n) is 5.68. The van der Waals surface area contributed by atoms with E-state index in [2.05, 4.69) is 16.0 Å². The maximum Gasteiger partial charge on any atom is 0.266 e. The van der Waals surface area contributed by atoms with Gasteiger partial charge in [-0.1, -0.05) is 30.3 Å². The minimum absolute atomic E-state index is 0.0850. The molecule has 5 heteroatoms. The smallest absolute Gasteiger partial charge is 0.266 e. The van der Waals surface area contributed by atoms with Crippen molar-refractivity contribution in [2.75, 3.05) is 6.54 Å². The molecule has 4 nitrogen and oxygen atoms in total. The van der Waals surface area contributed by atoms with E-state index in [4.69, 9.17) is 0 Å². The molecule has 1 unspecified atom stereocenters. The first-order valence-corrected chi connectivity index (χ1v) is 8.60. The zero-order valence-corrected chi connectivity index (χ0v) is 13.4. The molecule has 1 fully saturated rings. The number of amides is 1. The lowest BCUT2D eigenvalue weighted by Gasteiger charge is -2.23.